The Kier molecular flexibility index (Phi) is 5.77. The van der Waals surface area contributed by atoms with Gasteiger partial charge in [-0.15, -0.1) is 0 Å². The van der Waals surface area contributed by atoms with Gasteiger partial charge in [0.1, 0.15) is 5.75 Å². The number of para-hydroxylation sites is 1. The third kappa shape index (κ3) is 4.19. The zero-order chi connectivity index (χ0) is 16.1. The highest BCUT2D eigenvalue weighted by Crippen LogP contribution is 2.32. The molecule has 0 aromatic heterocycles. The van der Waals surface area contributed by atoms with Gasteiger partial charge in [-0.1, -0.05) is 40.9 Å². The van der Waals surface area contributed by atoms with Crippen molar-refractivity contribution in [3.8, 4) is 11.5 Å². The molecule has 2 rings (SSSR count). The van der Waals surface area contributed by atoms with E-state index in [1.54, 1.807) is 36.4 Å². The Morgan fingerprint density at radius 2 is 1.77 bits per heavy atom. The molecule has 116 valence electrons. The molecule has 0 aliphatic rings. The molecule has 0 spiro atoms. The van der Waals surface area contributed by atoms with Crippen LogP contribution in [0, 0.1) is 0 Å². The number of methoxy groups -OCH3 is 1. The van der Waals surface area contributed by atoms with Gasteiger partial charge in [-0.2, -0.15) is 0 Å². The molecule has 0 saturated carbocycles. The Balaban J connectivity index is 1.97. The summed E-state index contributed by atoms with van der Waals surface area (Å²) in [6.07, 6.45) is 0. The largest absolute Gasteiger partial charge is 0.495 e. The first-order valence-corrected chi connectivity index (χ1v) is 7.35. The summed E-state index contributed by atoms with van der Waals surface area (Å²) in [6, 6.07) is 9.86. The van der Waals surface area contributed by atoms with Gasteiger partial charge in [0.2, 0.25) is 0 Å². The van der Waals surface area contributed by atoms with Crippen LogP contribution >= 0.6 is 34.8 Å². The molecule has 0 heterocycles. The first-order valence-electron chi connectivity index (χ1n) is 6.21. The summed E-state index contributed by atoms with van der Waals surface area (Å²) < 4.78 is 10.4. The summed E-state index contributed by atoms with van der Waals surface area (Å²) in [4.78, 5) is 11.9. The lowest BCUT2D eigenvalue weighted by Crippen LogP contribution is -2.20. The Bertz CT molecular complexity index is 671. The van der Waals surface area contributed by atoms with Crippen molar-refractivity contribution in [2.45, 2.75) is 0 Å². The van der Waals surface area contributed by atoms with Crippen molar-refractivity contribution in [2.24, 2.45) is 0 Å². The van der Waals surface area contributed by atoms with Crippen LogP contribution in [0.5, 0.6) is 11.5 Å². The predicted octanol–water partition coefficient (Wildman–Crippen LogP) is 4.67. The zero-order valence-electron chi connectivity index (χ0n) is 11.5. The van der Waals surface area contributed by atoms with E-state index in [-0.39, 0.29) is 18.3 Å². The maximum Gasteiger partial charge on any atom is 0.262 e. The summed E-state index contributed by atoms with van der Waals surface area (Å²) >= 11 is 17.9. The SMILES string of the molecule is COc1ccc(NC(=O)COc2c(Cl)cccc2Cl)cc1Cl. The molecule has 0 fully saturated rings. The number of hydrogen-bond donors (Lipinski definition) is 1. The molecule has 0 saturated heterocycles. The van der Waals surface area contributed by atoms with E-state index in [0.717, 1.165) is 0 Å². The topological polar surface area (TPSA) is 47.6 Å². The maximum absolute atomic E-state index is 11.9. The minimum absolute atomic E-state index is 0.229. The van der Waals surface area contributed by atoms with Crippen molar-refractivity contribution in [2.75, 3.05) is 19.0 Å². The number of ether oxygens (including phenoxy) is 2. The fourth-order valence-electron chi connectivity index (χ4n) is 1.70. The molecule has 0 unspecified atom stereocenters. The predicted molar refractivity (Wildman–Crippen MR) is 88.6 cm³/mol. The van der Waals surface area contributed by atoms with Gasteiger partial charge in [-0.05, 0) is 30.3 Å². The molecule has 4 nitrogen and oxygen atoms in total. The van der Waals surface area contributed by atoms with E-state index in [1.807, 2.05) is 0 Å². The minimum atomic E-state index is -0.364. The third-order valence-corrected chi connectivity index (χ3v) is 3.59. The molecule has 7 heteroatoms. The van der Waals surface area contributed by atoms with Crippen molar-refractivity contribution < 1.29 is 14.3 Å². The van der Waals surface area contributed by atoms with Crippen LogP contribution in [0.1, 0.15) is 0 Å². The number of anilines is 1. The van der Waals surface area contributed by atoms with Gasteiger partial charge in [0.25, 0.3) is 5.91 Å². The van der Waals surface area contributed by atoms with E-state index >= 15 is 0 Å². The smallest absolute Gasteiger partial charge is 0.262 e. The van der Waals surface area contributed by atoms with Gasteiger partial charge >= 0.3 is 0 Å². The van der Waals surface area contributed by atoms with Crippen molar-refractivity contribution in [1.82, 2.24) is 0 Å². The van der Waals surface area contributed by atoms with E-state index in [4.69, 9.17) is 44.3 Å². The fourth-order valence-corrected chi connectivity index (χ4v) is 2.46. The zero-order valence-corrected chi connectivity index (χ0v) is 13.8. The molecule has 2 aromatic rings. The lowest BCUT2D eigenvalue weighted by atomic mass is 10.3. The number of rotatable bonds is 5. The van der Waals surface area contributed by atoms with E-state index in [9.17, 15) is 4.79 Å². The first-order chi connectivity index (χ1) is 10.5. The number of amides is 1. The Hall–Kier alpha value is -1.62. The lowest BCUT2D eigenvalue weighted by molar-refractivity contribution is -0.118. The molecule has 0 atom stereocenters. The van der Waals surface area contributed by atoms with Crippen molar-refractivity contribution in [3.05, 3.63) is 51.5 Å². The monoisotopic (exact) mass is 359 g/mol. The number of benzene rings is 2. The second-order valence-corrected chi connectivity index (χ2v) is 5.46. The number of nitrogens with one attached hydrogen (secondary N) is 1. The van der Waals surface area contributed by atoms with Crippen LogP contribution in [0.2, 0.25) is 15.1 Å². The number of carbonyl (C=O) groups excluding carboxylic acids is 1. The number of hydrogen-bond acceptors (Lipinski definition) is 3. The van der Waals surface area contributed by atoms with E-state index in [1.165, 1.54) is 7.11 Å². The Labute approximate surface area is 142 Å². The van der Waals surface area contributed by atoms with Crippen LogP contribution in [0.4, 0.5) is 5.69 Å². The van der Waals surface area contributed by atoms with E-state index in [2.05, 4.69) is 5.32 Å². The highest BCUT2D eigenvalue weighted by molar-refractivity contribution is 6.37. The molecule has 0 radical (unpaired) electrons. The highest BCUT2D eigenvalue weighted by atomic mass is 35.5. The fraction of sp³-hybridized carbons (Fsp3) is 0.133. The molecule has 0 bridgehead atoms. The van der Waals surface area contributed by atoms with E-state index < -0.39 is 0 Å². The Morgan fingerprint density at radius 3 is 2.36 bits per heavy atom. The molecule has 22 heavy (non-hydrogen) atoms. The second-order valence-electron chi connectivity index (χ2n) is 4.24. The molecule has 0 aliphatic heterocycles. The summed E-state index contributed by atoms with van der Waals surface area (Å²) in [5, 5.41) is 3.73. The standard InChI is InChI=1S/C15H12Cl3NO3/c1-21-13-6-5-9(7-12(13)18)19-14(20)8-22-15-10(16)3-2-4-11(15)17/h2-7H,8H2,1H3,(H,19,20). The first kappa shape index (κ1) is 16.7. The number of carbonyl (C=O) groups is 1. The van der Waals surface area contributed by atoms with Gasteiger partial charge in [-0.25, -0.2) is 0 Å². The molecule has 2 aromatic carbocycles. The van der Waals surface area contributed by atoms with Crippen molar-refractivity contribution in [1.29, 1.82) is 0 Å². The molecule has 1 amide bonds. The summed E-state index contributed by atoms with van der Waals surface area (Å²) in [7, 11) is 1.51. The van der Waals surface area contributed by atoms with Crippen LogP contribution in [0.3, 0.4) is 0 Å². The molecule has 1 N–H and O–H groups in total. The summed E-state index contributed by atoms with van der Waals surface area (Å²) in [6.45, 7) is -0.229. The summed E-state index contributed by atoms with van der Waals surface area (Å²) in [5.74, 6) is 0.435. The van der Waals surface area contributed by atoms with Gasteiger partial charge in [-0.3, -0.25) is 4.79 Å². The number of halogens is 3. The van der Waals surface area contributed by atoms with Gasteiger partial charge < -0.3 is 14.8 Å². The van der Waals surface area contributed by atoms with E-state index in [0.29, 0.717) is 26.5 Å². The lowest BCUT2D eigenvalue weighted by Gasteiger charge is -2.11. The van der Waals surface area contributed by atoms with Crippen LogP contribution in [0.15, 0.2) is 36.4 Å². The van der Waals surface area contributed by atoms with Gasteiger partial charge in [0.15, 0.2) is 12.4 Å². The quantitative estimate of drug-likeness (QED) is 0.842. The second kappa shape index (κ2) is 7.58. The van der Waals surface area contributed by atoms with Crippen molar-refractivity contribution in [3.63, 3.8) is 0 Å². The summed E-state index contributed by atoms with van der Waals surface area (Å²) in [5.41, 5.74) is 0.532. The van der Waals surface area contributed by atoms with Crippen LogP contribution < -0.4 is 14.8 Å². The third-order valence-electron chi connectivity index (χ3n) is 2.70. The highest BCUT2D eigenvalue weighted by Gasteiger charge is 2.10. The van der Waals surface area contributed by atoms with Crippen molar-refractivity contribution >= 4 is 46.4 Å². The maximum atomic E-state index is 11.9. The molecule has 0 aliphatic carbocycles. The van der Waals surface area contributed by atoms with Crippen LogP contribution in [0.25, 0.3) is 0 Å². The average Bonchev–Trinajstić information content (AvgIpc) is 2.47. The van der Waals surface area contributed by atoms with Crippen LogP contribution in [-0.4, -0.2) is 19.6 Å². The van der Waals surface area contributed by atoms with Gasteiger partial charge in [0.05, 0.1) is 22.2 Å². The normalized spacial score (nSPS) is 10.2. The van der Waals surface area contributed by atoms with Crippen LogP contribution in [-0.2, 0) is 4.79 Å². The molecular weight excluding hydrogens is 349 g/mol. The minimum Gasteiger partial charge on any atom is -0.495 e. The molecular formula is C15H12Cl3NO3. The Morgan fingerprint density at radius 1 is 1.09 bits per heavy atom. The van der Waals surface area contributed by atoms with Gasteiger partial charge in [0, 0.05) is 5.69 Å². The average molecular weight is 361 g/mol.